The van der Waals surface area contributed by atoms with Crippen molar-refractivity contribution in [3.05, 3.63) is 30.3 Å². The Morgan fingerprint density at radius 3 is 2.46 bits per heavy atom. The Labute approximate surface area is 163 Å². The lowest BCUT2D eigenvalue weighted by Crippen LogP contribution is -2.41. The van der Waals surface area contributed by atoms with Gasteiger partial charge in [0.1, 0.15) is 0 Å². The minimum absolute atomic E-state index is 0. The summed E-state index contributed by atoms with van der Waals surface area (Å²) in [6.07, 6.45) is 0.939. The molecular formula is C17H31IN4O2. The number of nitrogens with one attached hydrogen (secondary N) is 2. The van der Waals surface area contributed by atoms with Gasteiger partial charge in [0, 0.05) is 53.1 Å². The van der Waals surface area contributed by atoms with Crippen LogP contribution in [0.5, 0.6) is 0 Å². The average molecular weight is 450 g/mol. The molecule has 138 valence electrons. The van der Waals surface area contributed by atoms with E-state index >= 15 is 0 Å². The second kappa shape index (κ2) is 15.5. The van der Waals surface area contributed by atoms with E-state index in [1.165, 1.54) is 5.69 Å². The third-order valence-corrected chi connectivity index (χ3v) is 3.35. The summed E-state index contributed by atoms with van der Waals surface area (Å²) in [6.45, 7) is 4.59. The van der Waals surface area contributed by atoms with Crippen molar-refractivity contribution in [1.82, 2.24) is 10.6 Å². The van der Waals surface area contributed by atoms with Crippen LogP contribution in [0.4, 0.5) is 5.69 Å². The molecule has 0 fully saturated rings. The van der Waals surface area contributed by atoms with Gasteiger partial charge in [0.15, 0.2) is 5.96 Å². The van der Waals surface area contributed by atoms with E-state index in [4.69, 9.17) is 9.47 Å². The van der Waals surface area contributed by atoms with Crippen LogP contribution in [0.25, 0.3) is 0 Å². The van der Waals surface area contributed by atoms with Crippen LogP contribution in [0.1, 0.15) is 6.42 Å². The van der Waals surface area contributed by atoms with Crippen LogP contribution in [-0.2, 0) is 9.47 Å². The Kier molecular flexibility index (Phi) is 14.8. The molecule has 0 heterocycles. The first-order chi connectivity index (χ1) is 11.3. The van der Waals surface area contributed by atoms with Crippen molar-refractivity contribution in [2.45, 2.75) is 6.42 Å². The minimum Gasteiger partial charge on any atom is -0.382 e. The van der Waals surface area contributed by atoms with Crippen molar-refractivity contribution in [1.29, 1.82) is 0 Å². The molecular weight excluding hydrogens is 419 g/mol. The average Bonchev–Trinajstić information content (AvgIpc) is 2.60. The lowest BCUT2D eigenvalue weighted by molar-refractivity contribution is 0.0698. The van der Waals surface area contributed by atoms with Crippen LogP contribution >= 0.6 is 24.0 Å². The molecule has 1 aromatic rings. The van der Waals surface area contributed by atoms with E-state index in [0.717, 1.165) is 38.6 Å². The molecule has 2 N–H and O–H groups in total. The van der Waals surface area contributed by atoms with E-state index in [1.807, 2.05) is 6.07 Å². The molecule has 1 rings (SSSR count). The zero-order valence-electron chi connectivity index (χ0n) is 15.0. The van der Waals surface area contributed by atoms with Crippen LogP contribution in [0, 0.1) is 0 Å². The van der Waals surface area contributed by atoms with Gasteiger partial charge < -0.3 is 25.0 Å². The number of anilines is 1. The first-order valence-corrected chi connectivity index (χ1v) is 8.05. The molecule has 6 nitrogen and oxygen atoms in total. The highest BCUT2D eigenvalue weighted by molar-refractivity contribution is 14.0. The van der Waals surface area contributed by atoms with E-state index in [1.54, 1.807) is 14.2 Å². The number of hydrogen-bond acceptors (Lipinski definition) is 4. The van der Waals surface area contributed by atoms with Crippen molar-refractivity contribution in [3.8, 4) is 0 Å². The molecule has 0 spiro atoms. The maximum atomic E-state index is 5.42. The summed E-state index contributed by atoms with van der Waals surface area (Å²) in [7, 11) is 5.55. The second-order valence-electron chi connectivity index (χ2n) is 5.14. The van der Waals surface area contributed by atoms with Crippen LogP contribution in [0.15, 0.2) is 35.3 Å². The summed E-state index contributed by atoms with van der Waals surface area (Å²) in [5.41, 5.74) is 1.21. The Morgan fingerprint density at radius 2 is 1.79 bits per heavy atom. The van der Waals surface area contributed by atoms with E-state index in [-0.39, 0.29) is 24.0 Å². The molecule has 0 amide bonds. The highest BCUT2D eigenvalue weighted by atomic mass is 127. The lowest BCUT2D eigenvalue weighted by Gasteiger charge is -2.20. The van der Waals surface area contributed by atoms with Gasteiger partial charge in [-0.25, -0.2) is 0 Å². The highest BCUT2D eigenvalue weighted by Crippen LogP contribution is 2.09. The number of hydrogen-bond donors (Lipinski definition) is 2. The quantitative estimate of drug-likeness (QED) is 0.234. The van der Waals surface area contributed by atoms with E-state index in [0.29, 0.717) is 13.2 Å². The number of benzene rings is 1. The number of para-hydroxylation sites is 1. The van der Waals surface area contributed by atoms with Crippen LogP contribution in [-0.4, -0.2) is 66.6 Å². The summed E-state index contributed by atoms with van der Waals surface area (Å²) in [5.74, 6) is 0.823. The number of ether oxygens (including phenoxy) is 2. The molecule has 0 aliphatic heterocycles. The van der Waals surface area contributed by atoms with Crippen LogP contribution < -0.4 is 15.5 Å². The van der Waals surface area contributed by atoms with Gasteiger partial charge >= 0.3 is 0 Å². The Balaban J connectivity index is 0.00000529. The maximum absolute atomic E-state index is 5.42. The van der Waals surface area contributed by atoms with Crippen molar-refractivity contribution >= 4 is 35.6 Å². The van der Waals surface area contributed by atoms with E-state index < -0.39 is 0 Å². The molecule has 0 bridgehead atoms. The molecule has 1 aromatic carbocycles. The highest BCUT2D eigenvalue weighted by Gasteiger charge is 2.01. The normalized spacial score (nSPS) is 10.9. The first-order valence-electron chi connectivity index (χ1n) is 8.05. The van der Waals surface area contributed by atoms with Gasteiger partial charge in [-0.15, -0.1) is 24.0 Å². The van der Waals surface area contributed by atoms with Crippen LogP contribution in [0.2, 0.25) is 0 Å². The maximum Gasteiger partial charge on any atom is 0.191 e. The molecule has 0 saturated carbocycles. The predicted molar refractivity (Wildman–Crippen MR) is 112 cm³/mol. The third-order valence-electron chi connectivity index (χ3n) is 3.35. The molecule has 0 radical (unpaired) electrons. The molecule has 7 heteroatoms. The Hall–Kier alpha value is -1.06. The molecule has 0 unspecified atom stereocenters. The molecule has 24 heavy (non-hydrogen) atoms. The van der Waals surface area contributed by atoms with Crippen LogP contribution in [0.3, 0.4) is 0 Å². The topological polar surface area (TPSA) is 58.1 Å². The predicted octanol–water partition coefficient (Wildman–Crippen LogP) is 1.96. The molecule has 0 atom stereocenters. The minimum atomic E-state index is 0. The van der Waals surface area contributed by atoms with Crippen molar-refractivity contribution in [3.63, 3.8) is 0 Å². The van der Waals surface area contributed by atoms with Gasteiger partial charge in [-0.2, -0.15) is 0 Å². The molecule has 0 saturated heterocycles. The monoisotopic (exact) mass is 450 g/mol. The number of guanidine groups is 1. The SMILES string of the molecule is CN=C(NCCCOCCOC)NCCN(C)c1ccccc1.I. The molecule has 0 aliphatic carbocycles. The van der Waals surface area contributed by atoms with Gasteiger partial charge in [0.05, 0.1) is 13.2 Å². The first kappa shape index (κ1) is 22.9. The zero-order valence-corrected chi connectivity index (χ0v) is 17.3. The third kappa shape index (κ3) is 10.7. The van der Waals surface area contributed by atoms with Crippen molar-refractivity contribution in [2.24, 2.45) is 4.99 Å². The van der Waals surface area contributed by atoms with Gasteiger partial charge in [-0.3, -0.25) is 4.99 Å². The van der Waals surface area contributed by atoms with E-state index in [2.05, 4.69) is 51.8 Å². The number of rotatable bonds is 11. The summed E-state index contributed by atoms with van der Waals surface area (Å²) in [5, 5.41) is 6.60. The lowest BCUT2D eigenvalue weighted by atomic mass is 10.3. The molecule has 0 aliphatic rings. The van der Waals surface area contributed by atoms with Crippen molar-refractivity contribution < 1.29 is 9.47 Å². The van der Waals surface area contributed by atoms with Crippen molar-refractivity contribution in [2.75, 3.05) is 65.6 Å². The van der Waals surface area contributed by atoms with Gasteiger partial charge in [0.2, 0.25) is 0 Å². The standard InChI is InChI=1S/C17H30N4O2.HI/c1-18-17(19-10-7-13-23-15-14-22-3)20-11-12-21(2)16-8-5-4-6-9-16;/h4-6,8-9H,7,10-15H2,1-3H3,(H2,18,19,20);1H. The fraction of sp³-hybridized carbons (Fsp3) is 0.588. The molecule has 0 aromatic heterocycles. The number of likely N-dealkylation sites (N-methyl/N-ethyl adjacent to an activating group) is 1. The second-order valence-corrected chi connectivity index (χ2v) is 5.14. The van der Waals surface area contributed by atoms with E-state index in [9.17, 15) is 0 Å². The van der Waals surface area contributed by atoms with Gasteiger partial charge in [0.25, 0.3) is 0 Å². The number of nitrogens with zero attached hydrogens (tertiary/aromatic N) is 2. The smallest absolute Gasteiger partial charge is 0.191 e. The summed E-state index contributed by atoms with van der Waals surface area (Å²) in [6, 6.07) is 10.3. The Morgan fingerprint density at radius 1 is 1.08 bits per heavy atom. The number of methoxy groups -OCH3 is 1. The Bertz CT molecular complexity index is 432. The summed E-state index contributed by atoms with van der Waals surface area (Å²) < 4.78 is 10.3. The largest absolute Gasteiger partial charge is 0.382 e. The number of aliphatic imine (C=N–C) groups is 1. The summed E-state index contributed by atoms with van der Waals surface area (Å²) >= 11 is 0. The zero-order chi connectivity index (χ0) is 16.8. The van der Waals surface area contributed by atoms with Gasteiger partial charge in [-0.05, 0) is 18.6 Å². The summed E-state index contributed by atoms with van der Waals surface area (Å²) in [4.78, 5) is 6.43. The fourth-order valence-electron chi connectivity index (χ4n) is 2.00. The number of halogens is 1. The fourth-order valence-corrected chi connectivity index (χ4v) is 2.00. The van der Waals surface area contributed by atoms with Gasteiger partial charge in [-0.1, -0.05) is 18.2 Å².